The number of benzene rings is 1. The SMILES string of the molecule is COC(=O)[C@H]1[C@H](CO)[C@H]2Cn3c(ccc(-c4ccccc4)c3=O)[C@@H]1N2CC1CCCC1. The van der Waals surface area contributed by atoms with Gasteiger partial charge < -0.3 is 14.4 Å². The second-order valence-corrected chi connectivity index (χ2v) is 9.21. The minimum atomic E-state index is -0.461. The molecular formula is C25H30N2O4. The molecule has 0 spiro atoms. The summed E-state index contributed by atoms with van der Waals surface area (Å²) in [5.41, 5.74) is 2.40. The summed E-state index contributed by atoms with van der Waals surface area (Å²) >= 11 is 0. The number of methoxy groups -OCH3 is 1. The second-order valence-electron chi connectivity index (χ2n) is 9.21. The number of hydrogen-bond acceptors (Lipinski definition) is 5. The fourth-order valence-corrected chi connectivity index (χ4v) is 6.20. The molecule has 1 saturated heterocycles. The van der Waals surface area contributed by atoms with Gasteiger partial charge in [0.15, 0.2) is 0 Å². The number of nitrogens with zero attached hydrogens (tertiary/aromatic N) is 2. The first-order valence-electron chi connectivity index (χ1n) is 11.4. The van der Waals surface area contributed by atoms with Crippen LogP contribution >= 0.6 is 0 Å². The van der Waals surface area contributed by atoms with Gasteiger partial charge in [-0.3, -0.25) is 14.5 Å². The Morgan fingerprint density at radius 2 is 1.87 bits per heavy atom. The molecule has 6 nitrogen and oxygen atoms in total. The number of hydrogen-bond donors (Lipinski definition) is 1. The molecule has 1 aromatic carbocycles. The molecular weight excluding hydrogens is 392 g/mol. The van der Waals surface area contributed by atoms with Crippen molar-refractivity contribution in [2.24, 2.45) is 17.8 Å². The van der Waals surface area contributed by atoms with Crippen LogP contribution in [-0.2, 0) is 16.1 Å². The molecule has 5 rings (SSSR count). The molecule has 164 valence electrons. The first-order chi connectivity index (χ1) is 15.1. The zero-order valence-corrected chi connectivity index (χ0v) is 17.9. The molecule has 1 N–H and O–H groups in total. The summed E-state index contributed by atoms with van der Waals surface area (Å²) in [5, 5.41) is 10.3. The number of fused-ring (bicyclic) bond motifs is 4. The fraction of sp³-hybridized carbons (Fsp3) is 0.520. The third-order valence-electron chi connectivity index (χ3n) is 7.67. The van der Waals surface area contributed by atoms with E-state index in [1.54, 1.807) is 0 Å². The average molecular weight is 423 g/mol. The molecule has 4 atom stereocenters. The van der Waals surface area contributed by atoms with E-state index in [9.17, 15) is 14.7 Å². The largest absolute Gasteiger partial charge is 0.469 e. The van der Waals surface area contributed by atoms with E-state index in [0.29, 0.717) is 18.0 Å². The van der Waals surface area contributed by atoms with Gasteiger partial charge >= 0.3 is 5.97 Å². The number of aliphatic hydroxyl groups excluding tert-OH is 1. The molecule has 31 heavy (non-hydrogen) atoms. The van der Waals surface area contributed by atoms with Gasteiger partial charge in [0.05, 0.1) is 19.1 Å². The summed E-state index contributed by atoms with van der Waals surface area (Å²) in [6.45, 7) is 1.32. The fourth-order valence-electron chi connectivity index (χ4n) is 6.20. The number of ether oxygens (including phenoxy) is 1. The maximum atomic E-state index is 13.5. The lowest BCUT2D eigenvalue weighted by Crippen LogP contribution is -2.48. The summed E-state index contributed by atoms with van der Waals surface area (Å²) in [6, 6.07) is 13.3. The number of pyridine rings is 1. The number of aromatic nitrogens is 1. The van der Waals surface area contributed by atoms with Crippen LogP contribution in [0.25, 0.3) is 11.1 Å². The van der Waals surface area contributed by atoms with Crippen molar-refractivity contribution >= 4 is 5.97 Å². The van der Waals surface area contributed by atoms with Crippen LogP contribution in [0.2, 0.25) is 0 Å². The van der Waals surface area contributed by atoms with Crippen molar-refractivity contribution in [1.29, 1.82) is 0 Å². The first-order valence-corrected chi connectivity index (χ1v) is 11.4. The number of rotatable bonds is 5. The predicted molar refractivity (Wildman–Crippen MR) is 117 cm³/mol. The molecule has 0 unspecified atom stereocenters. The molecule has 2 fully saturated rings. The Morgan fingerprint density at radius 1 is 1.13 bits per heavy atom. The van der Waals surface area contributed by atoms with E-state index in [0.717, 1.165) is 17.8 Å². The number of esters is 1. The molecule has 2 bridgehead atoms. The van der Waals surface area contributed by atoms with Gasteiger partial charge in [0.2, 0.25) is 0 Å². The summed E-state index contributed by atoms with van der Waals surface area (Å²) in [5.74, 6) is -0.380. The highest BCUT2D eigenvalue weighted by molar-refractivity contribution is 5.75. The van der Waals surface area contributed by atoms with E-state index in [-0.39, 0.29) is 36.1 Å². The van der Waals surface area contributed by atoms with E-state index < -0.39 is 5.92 Å². The number of aliphatic hydroxyl groups is 1. The van der Waals surface area contributed by atoms with Crippen molar-refractivity contribution in [2.45, 2.75) is 44.3 Å². The third-order valence-corrected chi connectivity index (χ3v) is 7.67. The van der Waals surface area contributed by atoms with E-state index >= 15 is 0 Å². The van der Waals surface area contributed by atoms with Crippen molar-refractivity contribution in [1.82, 2.24) is 9.47 Å². The Morgan fingerprint density at radius 3 is 2.55 bits per heavy atom. The third kappa shape index (κ3) is 3.33. The number of carbonyl (C=O) groups excluding carboxylic acids is 1. The van der Waals surface area contributed by atoms with Crippen LogP contribution in [0.1, 0.15) is 37.4 Å². The van der Waals surface area contributed by atoms with Crippen LogP contribution in [0.4, 0.5) is 0 Å². The van der Waals surface area contributed by atoms with Gasteiger partial charge in [-0.15, -0.1) is 0 Å². The molecule has 0 amide bonds. The van der Waals surface area contributed by atoms with Crippen molar-refractivity contribution in [3.63, 3.8) is 0 Å². The van der Waals surface area contributed by atoms with E-state index in [4.69, 9.17) is 4.74 Å². The lowest BCUT2D eigenvalue weighted by molar-refractivity contribution is -0.148. The minimum absolute atomic E-state index is 0.0265. The Kier molecular flexibility index (Phi) is 5.44. The molecule has 3 heterocycles. The minimum Gasteiger partial charge on any atom is -0.469 e. The monoisotopic (exact) mass is 422 g/mol. The molecule has 3 aliphatic rings. The highest BCUT2D eigenvalue weighted by atomic mass is 16.5. The Balaban J connectivity index is 1.60. The van der Waals surface area contributed by atoms with Crippen LogP contribution in [0.15, 0.2) is 47.3 Å². The Labute approximate surface area is 182 Å². The van der Waals surface area contributed by atoms with Crippen LogP contribution in [0.3, 0.4) is 0 Å². The summed E-state index contributed by atoms with van der Waals surface area (Å²) in [4.78, 5) is 28.7. The predicted octanol–water partition coefficient (Wildman–Crippen LogP) is 2.84. The van der Waals surface area contributed by atoms with Crippen molar-refractivity contribution in [3.05, 3.63) is 58.5 Å². The number of carbonyl (C=O) groups is 1. The van der Waals surface area contributed by atoms with Crippen LogP contribution < -0.4 is 5.56 Å². The zero-order valence-electron chi connectivity index (χ0n) is 17.9. The summed E-state index contributed by atoms with van der Waals surface area (Å²) < 4.78 is 7.01. The molecule has 6 heteroatoms. The van der Waals surface area contributed by atoms with Crippen molar-refractivity contribution in [3.8, 4) is 11.1 Å². The van der Waals surface area contributed by atoms with Gasteiger partial charge in [-0.05, 0) is 36.5 Å². The van der Waals surface area contributed by atoms with Crippen molar-refractivity contribution in [2.75, 3.05) is 20.3 Å². The Hall–Kier alpha value is -2.44. The van der Waals surface area contributed by atoms with Crippen LogP contribution in [-0.4, -0.2) is 46.8 Å². The topological polar surface area (TPSA) is 71.8 Å². The maximum Gasteiger partial charge on any atom is 0.311 e. The van der Waals surface area contributed by atoms with Gasteiger partial charge in [-0.1, -0.05) is 43.2 Å². The van der Waals surface area contributed by atoms with E-state index in [2.05, 4.69) is 4.90 Å². The standard InChI is InChI=1S/C25H30N2O4/c1-31-25(30)22-19(15-28)21-14-27-20(23(22)26(21)13-16-7-5-6-8-16)12-11-18(24(27)29)17-9-3-2-4-10-17/h2-4,9-12,16,19,21-23,28H,5-8,13-15H2,1H3/t19-,21-,22+,23+/m1/s1. The zero-order chi connectivity index (χ0) is 21.5. The molecule has 2 aliphatic heterocycles. The quantitative estimate of drug-likeness (QED) is 0.751. The molecule has 1 aromatic heterocycles. The first kappa shape index (κ1) is 20.5. The van der Waals surface area contributed by atoms with Gasteiger partial charge in [0.25, 0.3) is 5.56 Å². The lowest BCUT2D eigenvalue weighted by atomic mass is 9.87. The molecule has 0 radical (unpaired) electrons. The van der Waals surface area contributed by atoms with Crippen LogP contribution in [0.5, 0.6) is 0 Å². The molecule has 2 aromatic rings. The van der Waals surface area contributed by atoms with Crippen LogP contribution in [0, 0.1) is 17.8 Å². The molecule has 1 aliphatic carbocycles. The second kappa shape index (κ2) is 8.24. The Bertz CT molecular complexity index is 1010. The van der Waals surface area contributed by atoms with E-state index in [1.807, 2.05) is 47.0 Å². The smallest absolute Gasteiger partial charge is 0.311 e. The van der Waals surface area contributed by atoms with Gasteiger partial charge in [0.1, 0.15) is 0 Å². The van der Waals surface area contributed by atoms with E-state index in [1.165, 1.54) is 32.8 Å². The highest BCUT2D eigenvalue weighted by Gasteiger charge is 2.56. The van der Waals surface area contributed by atoms with Gasteiger partial charge in [-0.25, -0.2) is 0 Å². The summed E-state index contributed by atoms with van der Waals surface area (Å²) in [6.07, 6.45) is 4.94. The van der Waals surface area contributed by atoms with Gasteiger partial charge in [0, 0.05) is 42.9 Å². The normalized spacial score (nSPS) is 27.9. The highest BCUT2D eigenvalue weighted by Crippen LogP contribution is 2.49. The average Bonchev–Trinajstić information content (AvgIpc) is 3.38. The molecule has 1 saturated carbocycles. The van der Waals surface area contributed by atoms with Crippen molar-refractivity contribution < 1.29 is 14.6 Å². The van der Waals surface area contributed by atoms with Gasteiger partial charge in [-0.2, -0.15) is 0 Å². The maximum absolute atomic E-state index is 13.5. The summed E-state index contributed by atoms with van der Waals surface area (Å²) in [7, 11) is 1.41. The lowest BCUT2D eigenvalue weighted by Gasteiger charge is -2.39.